The molecule has 0 radical (unpaired) electrons. The largest absolute Gasteiger partial charge is 0.493 e. The molecular formula is C27H39N3O3. The van der Waals surface area contributed by atoms with Crippen molar-refractivity contribution in [1.29, 1.82) is 0 Å². The highest BCUT2D eigenvalue weighted by Crippen LogP contribution is 2.44. The first-order chi connectivity index (χ1) is 16.2. The van der Waals surface area contributed by atoms with Crippen molar-refractivity contribution in [3.63, 3.8) is 0 Å². The van der Waals surface area contributed by atoms with Crippen molar-refractivity contribution in [1.82, 2.24) is 15.1 Å². The number of rotatable bonds is 7. The summed E-state index contributed by atoms with van der Waals surface area (Å²) in [6.45, 7) is 4.68. The van der Waals surface area contributed by atoms with E-state index in [-0.39, 0.29) is 5.91 Å². The quantitative estimate of drug-likeness (QED) is 0.643. The van der Waals surface area contributed by atoms with Gasteiger partial charge in [0.15, 0.2) is 11.5 Å². The van der Waals surface area contributed by atoms with Crippen molar-refractivity contribution in [2.75, 3.05) is 46.9 Å². The normalized spacial score (nSPS) is 29.5. The highest BCUT2D eigenvalue weighted by Gasteiger charge is 2.46. The van der Waals surface area contributed by atoms with Crippen molar-refractivity contribution < 1.29 is 14.3 Å². The number of hydrogen-bond donors (Lipinski definition) is 1. The van der Waals surface area contributed by atoms with Crippen molar-refractivity contribution in [3.05, 3.63) is 35.4 Å². The number of hydrogen-bond acceptors (Lipinski definition) is 5. The fourth-order valence-corrected chi connectivity index (χ4v) is 6.88. The summed E-state index contributed by atoms with van der Waals surface area (Å²) in [4.78, 5) is 18.1. The number of methoxy groups -OCH3 is 2. The van der Waals surface area contributed by atoms with Gasteiger partial charge in [0.05, 0.1) is 20.8 Å². The van der Waals surface area contributed by atoms with Crippen molar-refractivity contribution in [2.24, 2.45) is 11.8 Å². The summed E-state index contributed by atoms with van der Waals surface area (Å²) in [5, 5.41) is 3.16. The molecule has 0 aromatic heterocycles. The molecule has 180 valence electrons. The Morgan fingerprint density at radius 1 is 1.12 bits per heavy atom. The van der Waals surface area contributed by atoms with Gasteiger partial charge in [-0.25, -0.2) is 0 Å². The van der Waals surface area contributed by atoms with Gasteiger partial charge in [-0.1, -0.05) is 24.1 Å². The van der Waals surface area contributed by atoms with E-state index in [9.17, 15) is 4.79 Å². The molecule has 1 amide bonds. The van der Waals surface area contributed by atoms with E-state index >= 15 is 0 Å². The number of nitrogens with one attached hydrogen (secondary N) is 1. The predicted octanol–water partition coefficient (Wildman–Crippen LogP) is 3.26. The number of fused-ring (bicyclic) bond motifs is 6. The zero-order valence-electron chi connectivity index (χ0n) is 20.2. The van der Waals surface area contributed by atoms with Crippen molar-refractivity contribution in [3.8, 4) is 11.5 Å². The Balaban J connectivity index is 1.17. The minimum absolute atomic E-state index is 0.144. The Kier molecular flexibility index (Phi) is 6.93. The van der Waals surface area contributed by atoms with Gasteiger partial charge in [0.1, 0.15) is 0 Å². The number of nitrogens with zero attached hydrogens (tertiary/aromatic N) is 2. The Bertz CT molecular complexity index is 885. The van der Waals surface area contributed by atoms with Crippen LogP contribution in [0.5, 0.6) is 11.5 Å². The molecule has 1 aromatic carbocycles. The SMILES string of the molecule is COc1ccc(CCNC(=O)CN2CCCC3=CC4CC(CN5CCCC[C@H]45)[C@@H]32)cc1OC. The van der Waals surface area contributed by atoms with E-state index in [1.165, 1.54) is 51.6 Å². The Morgan fingerprint density at radius 3 is 2.85 bits per heavy atom. The van der Waals surface area contributed by atoms with E-state index in [4.69, 9.17) is 9.47 Å². The third kappa shape index (κ3) is 4.78. The maximum Gasteiger partial charge on any atom is 0.234 e. The molecule has 6 nitrogen and oxygen atoms in total. The van der Waals surface area contributed by atoms with Crippen LogP contribution >= 0.6 is 0 Å². The van der Waals surface area contributed by atoms with Crippen LogP contribution in [0.4, 0.5) is 0 Å². The van der Waals surface area contributed by atoms with Crippen LogP contribution in [-0.4, -0.2) is 74.7 Å². The molecule has 0 saturated carbocycles. The molecule has 1 aliphatic carbocycles. The number of ether oxygens (including phenoxy) is 2. The van der Waals surface area contributed by atoms with Crippen LogP contribution in [0.25, 0.3) is 0 Å². The van der Waals surface area contributed by atoms with Gasteiger partial charge in [-0.3, -0.25) is 14.6 Å². The van der Waals surface area contributed by atoms with Crippen LogP contribution in [0.2, 0.25) is 0 Å². The fourth-order valence-electron chi connectivity index (χ4n) is 6.88. The Morgan fingerprint density at radius 2 is 2.00 bits per heavy atom. The Hall–Kier alpha value is -2.05. The molecule has 0 spiro atoms. The second kappa shape index (κ2) is 10.1. The molecule has 4 atom stereocenters. The number of carbonyl (C=O) groups is 1. The summed E-state index contributed by atoms with van der Waals surface area (Å²) >= 11 is 0. The second-order valence-corrected chi connectivity index (χ2v) is 10.3. The molecule has 4 aliphatic rings. The van der Waals surface area contributed by atoms with Crippen LogP contribution in [-0.2, 0) is 11.2 Å². The molecule has 1 N–H and O–H groups in total. The van der Waals surface area contributed by atoms with E-state index in [2.05, 4.69) is 21.2 Å². The Labute approximate surface area is 198 Å². The lowest BCUT2D eigenvalue weighted by Crippen LogP contribution is -2.60. The lowest BCUT2D eigenvalue weighted by molar-refractivity contribution is -0.123. The van der Waals surface area contributed by atoms with E-state index in [0.717, 1.165) is 42.0 Å². The number of likely N-dealkylation sites (tertiary alicyclic amines) is 1. The lowest BCUT2D eigenvalue weighted by Gasteiger charge is -2.54. The van der Waals surface area contributed by atoms with Gasteiger partial charge in [-0.2, -0.15) is 0 Å². The van der Waals surface area contributed by atoms with Gasteiger partial charge in [-0.05, 0) is 81.1 Å². The van der Waals surface area contributed by atoms with E-state index in [1.54, 1.807) is 19.8 Å². The van der Waals surface area contributed by atoms with Gasteiger partial charge in [-0.15, -0.1) is 0 Å². The minimum Gasteiger partial charge on any atom is -0.493 e. The molecule has 3 fully saturated rings. The van der Waals surface area contributed by atoms with Crippen LogP contribution < -0.4 is 14.8 Å². The highest BCUT2D eigenvalue weighted by atomic mass is 16.5. The zero-order valence-corrected chi connectivity index (χ0v) is 20.2. The monoisotopic (exact) mass is 453 g/mol. The minimum atomic E-state index is 0.144. The maximum absolute atomic E-state index is 12.9. The molecule has 3 aliphatic heterocycles. The van der Waals surface area contributed by atoms with Crippen molar-refractivity contribution >= 4 is 5.91 Å². The summed E-state index contributed by atoms with van der Waals surface area (Å²) in [7, 11) is 3.29. The number of piperidine rings is 3. The maximum atomic E-state index is 12.9. The van der Waals surface area contributed by atoms with Crippen LogP contribution in [0.1, 0.15) is 44.1 Å². The van der Waals surface area contributed by atoms with Gasteiger partial charge >= 0.3 is 0 Å². The summed E-state index contributed by atoms with van der Waals surface area (Å²) in [5.41, 5.74) is 2.76. The first-order valence-corrected chi connectivity index (χ1v) is 12.8. The smallest absolute Gasteiger partial charge is 0.234 e. The standard InChI is InChI=1S/C27H39N3O3/c1-32-24-9-8-19(14-25(24)33-2)10-11-28-26(31)18-30-13-5-6-20-15-21-16-22(27(20)30)17-29-12-4-3-7-23(21)29/h8-9,14-15,21-23,27H,3-7,10-13,16-18H2,1-2H3,(H,28,31)/t21?,22?,23-,27-/m1/s1. The predicted molar refractivity (Wildman–Crippen MR) is 130 cm³/mol. The van der Waals surface area contributed by atoms with Crippen LogP contribution in [0.15, 0.2) is 29.8 Å². The molecular weight excluding hydrogens is 414 g/mol. The first kappa shape index (κ1) is 22.7. The van der Waals surface area contributed by atoms with E-state index < -0.39 is 0 Å². The average Bonchev–Trinajstić information content (AvgIpc) is 2.84. The van der Waals surface area contributed by atoms with Gasteiger partial charge in [0.25, 0.3) is 0 Å². The number of benzene rings is 1. The molecule has 5 rings (SSSR count). The zero-order chi connectivity index (χ0) is 22.8. The number of amides is 1. The lowest BCUT2D eigenvalue weighted by atomic mass is 9.68. The highest BCUT2D eigenvalue weighted by molar-refractivity contribution is 5.78. The van der Waals surface area contributed by atoms with Crippen molar-refractivity contribution in [2.45, 2.75) is 57.0 Å². The summed E-state index contributed by atoms with van der Waals surface area (Å²) in [5.74, 6) is 3.03. The molecule has 1 aromatic rings. The summed E-state index contributed by atoms with van der Waals surface area (Å²) in [6.07, 6.45) is 11.2. The van der Waals surface area contributed by atoms with Gasteiger partial charge < -0.3 is 14.8 Å². The van der Waals surface area contributed by atoms with Gasteiger partial charge in [0.2, 0.25) is 5.91 Å². The van der Waals surface area contributed by atoms with E-state index in [0.29, 0.717) is 25.0 Å². The second-order valence-electron chi connectivity index (χ2n) is 10.3. The van der Waals surface area contributed by atoms with E-state index in [1.807, 2.05) is 18.2 Å². The third-order valence-corrected chi connectivity index (χ3v) is 8.29. The van der Waals surface area contributed by atoms with Crippen LogP contribution in [0.3, 0.4) is 0 Å². The fraction of sp³-hybridized carbons (Fsp3) is 0.667. The molecule has 33 heavy (non-hydrogen) atoms. The van der Waals surface area contributed by atoms with Gasteiger partial charge in [0, 0.05) is 25.2 Å². The molecule has 3 saturated heterocycles. The molecule has 2 unspecified atom stereocenters. The molecule has 6 heteroatoms. The average molecular weight is 454 g/mol. The summed E-state index contributed by atoms with van der Waals surface area (Å²) in [6, 6.07) is 7.19. The first-order valence-electron chi connectivity index (χ1n) is 12.8. The molecule has 3 heterocycles. The molecule has 2 bridgehead atoms. The third-order valence-electron chi connectivity index (χ3n) is 8.29. The van der Waals surface area contributed by atoms with Crippen LogP contribution in [0, 0.1) is 11.8 Å². The topological polar surface area (TPSA) is 54.0 Å². The summed E-state index contributed by atoms with van der Waals surface area (Å²) < 4.78 is 10.7. The number of carbonyl (C=O) groups excluding carboxylic acids is 1.